The second-order valence-corrected chi connectivity index (χ2v) is 8.00. The third kappa shape index (κ3) is 3.40. The van der Waals surface area contributed by atoms with E-state index in [-0.39, 0.29) is 12.6 Å². The second-order valence-electron chi connectivity index (χ2n) is 6.11. The third-order valence-electron chi connectivity index (χ3n) is 4.30. The number of nitrogens with one attached hydrogen (secondary N) is 1. The predicted molar refractivity (Wildman–Crippen MR) is 80.0 cm³/mol. The highest BCUT2D eigenvalue weighted by atomic mass is 32.2. The van der Waals surface area contributed by atoms with Gasteiger partial charge >= 0.3 is 12.0 Å². The summed E-state index contributed by atoms with van der Waals surface area (Å²) in [5.41, 5.74) is -0.739. The summed E-state index contributed by atoms with van der Waals surface area (Å²) < 4.78 is 0. The molecule has 0 aromatic rings. The summed E-state index contributed by atoms with van der Waals surface area (Å²) in [7, 11) is 0. The van der Waals surface area contributed by atoms with Gasteiger partial charge in [-0.1, -0.05) is 26.7 Å². The van der Waals surface area contributed by atoms with Crippen LogP contribution in [0.4, 0.5) is 4.79 Å². The lowest BCUT2D eigenvalue weighted by atomic mass is 9.86. The number of carboxylic acid groups (broad SMARTS) is 1. The quantitative estimate of drug-likeness (QED) is 0.838. The molecule has 2 unspecified atom stereocenters. The smallest absolute Gasteiger partial charge is 0.317 e. The normalized spacial score (nSPS) is 29.2. The standard InChI is InChI=1S/C14H24N2O3S/c1-10-7-16(8-11(2)20-10)13(19)15-9-14(12(17)18)5-3-4-6-14/h10-11H,3-9H2,1-2H3,(H,15,19)(H,17,18). The minimum absolute atomic E-state index is 0.114. The van der Waals surface area contributed by atoms with Crippen molar-refractivity contribution < 1.29 is 14.7 Å². The van der Waals surface area contributed by atoms with E-state index in [9.17, 15) is 14.7 Å². The minimum atomic E-state index is -0.772. The molecule has 6 heteroatoms. The Morgan fingerprint density at radius 1 is 1.25 bits per heavy atom. The molecule has 1 heterocycles. The molecular formula is C14H24N2O3S. The molecule has 2 N–H and O–H groups in total. The van der Waals surface area contributed by atoms with Crippen molar-refractivity contribution >= 4 is 23.8 Å². The van der Waals surface area contributed by atoms with E-state index in [2.05, 4.69) is 19.2 Å². The molecule has 0 bridgehead atoms. The van der Waals surface area contributed by atoms with E-state index in [0.29, 0.717) is 23.3 Å². The van der Waals surface area contributed by atoms with Crippen LogP contribution < -0.4 is 5.32 Å². The number of nitrogens with zero attached hydrogens (tertiary/aromatic N) is 1. The molecule has 1 saturated carbocycles. The molecule has 2 atom stereocenters. The maximum absolute atomic E-state index is 12.2. The lowest BCUT2D eigenvalue weighted by Gasteiger charge is -2.35. The third-order valence-corrected chi connectivity index (χ3v) is 5.53. The topological polar surface area (TPSA) is 69.6 Å². The molecular weight excluding hydrogens is 276 g/mol. The molecule has 2 fully saturated rings. The number of urea groups is 1. The van der Waals surface area contributed by atoms with Crippen molar-refractivity contribution in [1.82, 2.24) is 10.2 Å². The number of thioether (sulfide) groups is 1. The van der Waals surface area contributed by atoms with Crippen molar-refractivity contribution in [2.24, 2.45) is 5.41 Å². The summed E-state index contributed by atoms with van der Waals surface area (Å²) in [4.78, 5) is 25.5. The van der Waals surface area contributed by atoms with E-state index in [0.717, 1.165) is 25.9 Å². The van der Waals surface area contributed by atoms with Gasteiger partial charge in [0.25, 0.3) is 0 Å². The van der Waals surface area contributed by atoms with E-state index in [1.165, 1.54) is 0 Å². The zero-order valence-corrected chi connectivity index (χ0v) is 13.0. The maximum atomic E-state index is 12.2. The molecule has 0 spiro atoms. The Balaban J connectivity index is 1.89. The molecule has 114 valence electrons. The highest BCUT2D eigenvalue weighted by Gasteiger charge is 2.41. The van der Waals surface area contributed by atoms with Gasteiger partial charge in [-0.15, -0.1) is 0 Å². The Labute approximate surface area is 124 Å². The molecule has 2 rings (SSSR count). The van der Waals surface area contributed by atoms with Crippen LogP contribution in [0.15, 0.2) is 0 Å². The summed E-state index contributed by atoms with van der Waals surface area (Å²) in [6.07, 6.45) is 3.23. The molecule has 1 saturated heterocycles. The van der Waals surface area contributed by atoms with Gasteiger partial charge in [-0.3, -0.25) is 4.79 Å². The van der Waals surface area contributed by atoms with Gasteiger partial charge in [0, 0.05) is 30.1 Å². The van der Waals surface area contributed by atoms with Gasteiger partial charge in [0.05, 0.1) is 5.41 Å². The number of amides is 2. The number of hydrogen-bond acceptors (Lipinski definition) is 3. The molecule has 20 heavy (non-hydrogen) atoms. The Hall–Kier alpha value is -0.910. The second kappa shape index (κ2) is 6.24. The number of aliphatic carboxylic acids is 1. The summed E-state index contributed by atoms with van der Waals surface area (Å²) in [6, 6.07) is -0.114. The Morgan fingerprint density at radius 3 is 2.30 bits per heavy atom. The monoisotopic (exact) mass is 300 g/mol. The van der Waals surface area contributed by atoms with Crippen LogP contribution in [0.1, 0.15) is 39.5 Å². The summed E-state index contributed by atoms with van der Waals surface area (Å²) in [6.45, 7) is 5.97. The first-order chi connectivity index (χ1) is 9.43. The van der Waals surface area contributed by atoms with E-state index < -0.39 is 11.4 Å². The summed E-state index contributed by atoms with van der Waals surface area (Å²) in [5.74, 6) is -0.772. The molecule has 1 aliphatic heterocycles. The molecule has 2 aliphatic rings. The van der Waals surface area contributed by atoms with E-state index in [1.54, 1.807) is 0 Å². The molecule has 2 amide bonds. The highest BCUT2D eigenvalue weighted by Crippen LogP contribution is 2.37. The zero-order valence-electron chi connectivity index (χ0n) is 12.2. The first-order valence-electron chi connectivity index (χ1n) is 7.34. The average Bonchev–Trinajstić information content (AvgIpc) is 2.84. The van der Waals surface area contributed by atoms with Crippen LogP contribution in [0.3, 0.4) is 0 Å². The first-order valence-corrected chi connectivity index (χ1v) is 8.29. The van der Waals surface area contributed by atoms with E-state index in [4.69, 9.17) is 0 Å². The Morgan fingerprint density at radius 2 is 1.80 bits per heavy atom. The maximum Gasteiger partial charge on any atom is 0.317 e. The zero-order chi connectivity index (χ0) is 14.8. The van der Waals surface area contributed by atoms with Crippen molar-refractivity contribution in [2.45, 2.75) is 50.0 Å². The van der Waals surface area contributed by atoms with Gasteiger partial charge in [-0.05, 0) is 12.8 Å². The van der Waals surface area contributed by atoms with Gasteiger partial charge in [0.15, 0.2) is 0 Å². The van der Waals surface area contributed by atoms with Crippen LogP contribution in [0.25, 0.3) is 0 Å². The first kappa shape index (κ1) is 15.5. The highest BCUT2D eigenvalue weighted by molar-refractivity contribution is 8.00. The van der Waals surface area contributed by atoms with Gasteiger partial charge in [-0.25, -0.2) is 4.79 Å². The van der Waals surface area contributed by atoms with Crippen molar-refractivity contribution in [3.05, 3.63) is 0 Å². The Bertz CT molecular complexity index is 373. The lowest BCUT2D eigenvalue weighted by Crippen LogP contribution is -2.51. The lowest BCUT2D eigenvalue weighted by molar-refractivity contribution is -0.148. The van der Waals surface area contributed by atoms with Crippen LogP contribution in [-0.2, 0) is 4.79 Å². The fourth-order valence-corrected chi connectivity index (χ4v) is 4.54. The fourth-order valence-electron chi connectivity index (χ4n) is 3.22. The fraction of sp³-hybridized carbons (Fsp3) is 0.857. The van der Waals surface area contributed by atoms with Gasteiger partial charge in [0.2, 0.25) is 0 Å². The molecule has 0 radical (unpaired) electrons. The largest absolute Gasteiger partial charge is 0.481 e. The van der Waals surface area contributed by atoms with Crippen LogP contribution in [0, 0.1) is 5.41 Å². The van der Waals surface area contributed by atoms with Crippen LogP contribution >= 0.6 is 11.8 Å². The molecule has 0 aromatic heterocycles. The number of rotatable bonds is 3. The average molecular weight is 300 g/mol. The Kier molecular flexibility index (Phi) is 4.83. The predicted octanol–water partition coefficient (Wildman–Crippen LogP) is 2.17. The van der Waals surface area contributed by atoms with Crippen molar-refractivity contribution in [3.63, 3.8) is 0 Å². The van der Waals surface area contributed by atoms with Gasteiger partial charge < -0.3 is 15.3 Å². The summed E-state index contributed by atoms with van der Waals surface area (Å²) >= 11 is 1.89. The number of carboxylic acids is 1. The van der Waals surface area contributed by atoms with Crippen molar-refractivity contribution in [2.75, 3.05) is 19.6 Å². The molecule has 1 aliphatic carbocycles. The molecule has 0 aromatic carbocycles. The summed E-state index contributed by atoms with van der Waals surface area (Å²) in [5, 5.41) is 13.1. The van der Waals surface area contributed by atoms with Gasteiger partial charge in [-0.2, -0.15) is 11.8 Å². The van der Waals surface area contributed by atoms with Crippen molar-refractivity contribution in [3.8, 4) is 0 Å². The molecule has 5 nitrogen and oxygen atoms in total. The van der Waals surface area contributed by atoms with Crippen LogP contribution in [0.5, 0.6) is 0 Å². The van der Waals surface area contributed by atoms with E-state index >= 15 is 0 Å². The van der Waals surface area contributed by atoms with Crippen LogP contribution in [-0.4, -0.2) is 52.1 Å². The van der Waals surface area contributed by atoms with Crippen molar-refractivity contribution in [1.29, 1.82) is 0 Å². The number of hydrogen-bond donors (Lipinski definition) is 2. The minimum Gasteiger partial charge on any atom is -0.481 e. The van der Waals surface area contributed by atoms with Crippen LogP contribution in [0.2, 0.25) is 0 Å². The number of carbonyl (C=O) groups excluding carboxylic acids is 1. The SMILES string of the molecule is CC1CN(C(=O)NCC2(C(=O)O)CCCC2)CC(C)S1. The van der Waals surface area contributed by atoms with Gasteiger partial charge in [0.1, 0.15) is 0 Å². The van der Waals surface area contributed by atoms with E-state index in [1.807, 2.05) is 16.7 Å². The number of carbonyl (C=O) groups is 2.